The van der Waals surface area contributed by atoms with E-state index in [4.69, 9.17) is 10.8 Å². The highest BCUT2D eigenvalue weighted by molar-refractivity contribution is 7.89. The zero-order valence-electron chi connectivity index (χ0n) is 8.21. The Morgan fingerprint density at radius 1 is 1.73 bits per heavy atom. The van der Waals surface area contributed by atoms with Crippen molar-refractivity contribution in [3.8, 4) is 0 Å². The van der Waals surface area contributed by atoms with Gasteiger partial charge in [0.2, 0.25) is 0 Å². The molecule has 0 bridgehead atoms. The van der Waals surface area contributed by atoms with Gasteiger partial charge in [-0.05, 0) is 13.0 Å². The average Bonchev–Trinajstić information content (AvgIpc) is 2.67. The Morgan fingerprint density at radius 2 is 2.40 bits per heavy atom. The fourth-order valence-electron chi connectivity index (χ4n) is 0.847. The van der Waals surface area contributed by atoms with Crippen molar-refractivity contribution in [2.24, 2.45) is 5.73 Å². The molecular formula is C7H14N4O3S. The number of sulfonamides is 1. The van der Waals surface area contributed by atoms with Crippen LogP contribution in [0, 0.1) is 0 Å². The number of H-pyrrole nitrogens is 1. The molecule has 2 atom stereocenters. The normalized spacial score (nSPS) is 16.2. The minimum atomic E-state index is -3.60. The lowest BCUT2D eigenvalue weighted by atomic mass is 10.2. The molecule has 0 fully saturated rings. The molecule has 5 N–H and O–H groups in total. The fourth-order valence-corrected chi connectivity index (χ4v) is 1.83. The van der Waals surface area contributed by atoms with Crippen LogP contribution in [0.15, 0.2) is 17.3 Å². The van der Waals surface area contributed by atoms with Crippen LogP contribution >= 0.6 is 0 Å². The Morgan fingerprint density at radius 3 is 2.87 bits per heavy atom. The summed E-state index contributed by atoms with van der Waals surface area (Å²) in [5, 5.41) is 14.9. The first-order valence-corrected chi connectivity index (χ1v) is 5.84. The number of rotatable bonds is 5. The van der Waals surface area contributed by atoms with Crippen molar-refractivity contribution >= 4 is 10.0 Å². The number of hydrogen-bond acceptors (Lipinski definition) is 5. The molecule has 86 valence electrons. The van der Waals surface area contributed by atoms with E-state index in [0.29, 0.717) is 0 Å². The molecule has 0 saturated heterocycles. The van der Waals surface area contributed by atoms with Crippen molar-refractivity contribution < 1.29 is 13.5 Å². The summed E-state index contributed by atoms with van der Waals surface area (Å²) in [7, 11) is -3.60. The predicted molar refractivity (Wildman–Crippen MR) is 53.4 cm³/mol. The third-order valence-electron chi connectivity index (χ3n) is 1.89. The highest BCUT2D eigenvalue weighted by atomic mass is 32.2. The molecule has 0 aliphatic carbocycles. The van der Waals surface area contributed by atoms with Gasteiger partial charge in [0.15, 0.2) is 5.03 Å². The van der Waals surface area contributed by atoms with Crippen LogP contribution < -0.4 is 10.5 Å². The van der Waals surface area contributed by atoms with Gasteiger partial charge in [0.05, 0.1) is 12.3 Å². The number of nitrogens with two attached hydrogens (primary N) is 1. The second-order valence-electron chi connectivity index (χ2n) is 3.18. The number of aromatic nitrogens is 2. The van der Waals surface area contributed by atoms with Crippen LogP contribution in [-0.2, 0) is 10.0 Å². The lowest BCUT2D eigenvalue weighted by Crippen LogP contribution is -2.43. The molecule has 0 amide bonds. The first-order valence-electron chi connectivity index (χ1n) is 4.36. The monoisotopic (exact) mass is 234 g/mol. The molecule has 15 heavy (non-hydrogen) atoms. The molecule has 1 heterocycles. The highest BCUT2D eigenvalue weighted by Crippen LogP contribution is 2.02. The van der Waals surface area contributed by atoms with Crippen molar-refractivity contribution in [1.29, 1.82) is 0 Å². The number of aromatic amines is 1. The largest absolute Gasteiger partial charge is 0.392 e. The van der Waals surface area contributed by atoms with E-state index in [-0.39, 0.29) is 11.6 Å². The summed E-state index contributed by atoms with van der Waals surface area (Å²) in [5.41, 5.74) is 5.47. The molecule has 0 saturated carbocycles. The molecule has 0 aliphatic rings. The standard InChI is InChI=1S/C7H14N4O3S/c1-5(12)6(8)4-10-15(13,14)7-2-3-9-11-7/h2-3,5-6,10,12H,4,8H2,1H3,(H,9,11). The Bertz CT molecular complexity index is 386. The Balaban J connectivity index is 2.59. The number of aliphatic hydroxyl groups is 1. The van der Waals surface area contributed by atoms with Crippen LogP contribution in [0.3, 0.4) is 0 Å². The number of aliphatic hydroxyl groups excluding tert-OH is 1. The molecule has 0 aliphatic heterocycles. The fraction of sp³-hybridized carbons (Fsp3) is 0.571. The van der Waals surface area contributed by atoms with Gasteiger partial charge >= 0.3 is 0 Å². The molecule has 0 aromatic carbocycles. The number of nitrogens with zero attached hydrogens (tertiary/aromatic N) is 1. The summed E-state index contributed by atoms with van der Waals surface area (Å²) in [6.45, 7) is 1.47. The van der Waals surface area contributed by atoms with Gasteiger partial charge in [0, 0.05) is 12.6 Å². The van der Waals surface area contributed by atoms with Gasteiger partial charge in [0.25, 0.3) is 10.0 Å². The lowest BCUT2D eigenvalue weighted by molar-refractivity contribution is 0.164. The average molecular weight is 234 g/mol. The summed E-state index contributed by atoms with van der Waals surface area (Å²) in [6, 6.07) is 0.693. The van der Waals surface area contributed by atoms with Crippen molar-refractivity contribution in [2.45, 2.75) is 24.1 Å². The van der Waals surface area contributed by atoms with Crippen LogP contribution in [0.2, 0.25) is 0 Å². The van der Waals surface area contributed by atoms with E-state index in [2.05, 4.69) is 14.9 Å². The molecule has 1 aromatic heterocycles. The number of hydrogen-bond donors (Lipinski definition) is 4. The maximum Gasteiger partial charge on any atom is 0.257 e. The van der Waals surface area contributed by atoms with Crippen molar-refractivity contribution in [3.63, 3.8) is 0 Å². The van der Waals surface area contributed by atoms with E-state index in [9.17, 15) is 8.42 Å². The minimum absolute atomic E-state index is 0.0275. The second kappa shape index (κ2) is 4.71. The molecule has 2 unspecified atom stereocenters. The molecule has 8 heteroatoms. The second-order valence-corrected chi connectivity index (χ2v) is 4.91. The van der Waals surface area contributed by atoms with E-state index in [1.165, 1.54) is 19.2 Å². The summed E-state index contributed by atoms with van der Waals surface area (Å²) in [5.74, 6) is 0. The number of nitrogens with one attached hydrogen (secondary N) is 2. The Hall–Kier alpha value is -0.960. The van der Waals surface area contributed by atoms with Crippen LogP contribution in [-0.4, -0.2) is 42.4 Å². The van der Waals surface area contributed by atoms with E-state index < -0.39 is 22.2 Å². The van der Waals surface area contributed by atoms with Crippen LogP contribution in [0.1, 0.15) is 6.92 Å². The molecule has 1 aromatic rings. The van der Waals surface area contributed by atoms with E-state index in [1.54, 1.807) is 0 Å². The summed E-state index contributed by atoms with van der Waals surface area (Å²) < 4.78 is 25.3. The Labute approximate surface area is 87.7 Å². The molecule has 0 spiro atoms. The van der Waals surface area contributed by atoms with Gasteiger partial charge in [-0.1, -0.05) is 0 Å². The summed E-state index contributed by atoms with van der Waals surface area (Å²) >= 11 is 0. The summed E-state index contributed by atoms with van der Waals surface area (Å²) in [4.78, 5) is 0. The summed E-state index contributed by atoms with van der Waals surface area (Å²) in [6.07, 6.45) is 0.567. The van der Waals surface area contributed by atoms with Gasteiger partial charge in [-0.15, -0.1) is 0 Å². The van der Waals surface area contributed by atoms with Crippen molar-refractivity contribution in [2.75, 3.05) is 6.54 Å². The minimum Gasteiger partial charge on any atom is -0.392 e. The quantitative estimate of drug-likeness (QED) is 0.488. The van der Waals surface area contributed by atoms with Crippen LogP contribution in [0.4, 0.5) is 0 Å². The maximum absolute atomic E-state index is 11.5. The molecule has 0 radical (unpaired) electrons. The zero-order valence-corrected chi connectivity index (χ0v) is 9.03. The van der Waals surface area contributed by atoms with Gasteiger partial charge in [-0.2, -0.15) is 5.10 Å². The lowest BCUT2D eigenvalue weighted by Gasteiger charge is -2.14. The van der Waals surface area contributed by atoms with Crippen LogP contribution in [0.25, 0.3) is 0 Å². The first kappa shape index (κ1) is 12.1. The molecular weight excluding hydrogens is 220 g/mol. The molecule has 1 rings (SSSR count). The van der Waals surface area contributed by atoms with Crippen molar-refractivity contribution in [3.05, 3.63) is 12.3 Å². The third-order valence-corrected chi connectivity index (χ3v) is 3.25. The first-order chi connectivity index (χ1) is 6.93. The van der Waals surface area contributed by atoms with Crippen LogP contribution in [0.5, 0.6) is 0 Å². The van der Waals surface area contributed by atoms with Gasteiger partial charge in [-0.25, -0.2) is 13.1 Å². The van der Waals surface area contributed by atoms with Gasteiger partial charge in [-0.3, -0.25) is 5.10 Å². The molecule has 7 nitrogen and oxygen atoms in total. The van der Waals surface area contributed by atoms with E-state index in [0.717, 1.165) is 0 Å². The highest BCUT2D eigenvalue weighted by Gasteiger charge is 2.18. The third kappa shape index (κ3) is 3.27. The topological polar surface area (TPSA) is 121 Å². The smallest absolute Gasteiger partial charge is 0.257 e. The van der Waals surface area contributed by atoms with E-state index in [1.807, 2.05) is 0 Å². The zero-order chi connectivity index (χ0) is 11.5. The predicted octanol–water partition coefficient (Wildman–Crippen LogP) is -1.60. The van der Waals surface area contributed by atoms with Gasteiger partial charge < -0.3 is 10.8 Å². The van der Waals surface area contributed by atoms with Crippen molar-refractivity contribution in [1.82, 2.24) is 14.9 Å². The SMILES string of the molecule is CC(O)C(N)CNS(=O)(=O)c1ccn[nH]1. The van der Waals surface area contributed by atoms with E-state index >= 15 is 0 Å². The van der Waals surface area contributed by atoms with Gasteiger partial charge in [0.1, 0.15) is 0 Å². The maximum atomic E-state index is 11.5. The Kier molecular flexibility index (Phi) is 3.80.